The largest absolute Gasteiger partial charge is 0.490 e. The molecule has 0 radical (unpaired) electrons. The lowest BCUT2D eigenvalue weighted by Crippen LogP contribution is -2.14. The molecule has 0 aliphatic rings. The lowest BCUT2D eigenvalue weighted by molar-refractivity contribution is -0.385. The molecule has 0 fully saturated rings. The summed E-state index contributed by atoms with van der Waals surface area (Å²) in [5.41, 5.74) is 1.38. The first-order chi connectivity index (χ1) is 11.0. The summed E-state index contributed by atoms with van der Waals surface area (Å²) >= 11 is 0. The molecule has 0 aliphatic carbocycles. The molecule has 120 valence electrons. The Morgan fingerprint density at radius 3 is 2.52 bits per heavy atom. The number of aryl methyl sites for hydroxylation is 1. The van der Waals surface area contributed by atoms with E-state index in [1.807, 2.05) is 31.2 Å². The third-order valence-electron chi connectivity index (χ3n) is 3.39. The molecule has 0 saturated heterocycles. The first-order valence-electron chi connectivity index (χ1n) is 7.10. The lowest BCUT2D eigenvalue weighted by Gasteiger charge is -2.10. The molecule has 6 nitrogen and oxygen atoms in total. The van der Waals surface area contributed by atoms with Crippen LogP contribution in [0.15, 0.2) is 42.5 Å². The summed E-state index contributed by atoms with van der Waals surface area (Å²) in [5.74, 6) is 0.134. The Balaban J connectivity index is 1.92. The Morgan fingerprint density at radius 1 is 1.09 bits per heavy atom. The predicted octanol–water partition coefficient (Wildman–Crippen LogP) is 3.45. The second-order valence-electron chi connectivity index (χ2n) is 4.96. The van der Waals surface area contributed by atoms with Gasteiger partial charge >= 0.3 is 5.97 Å². The predicted molar refractivity (Wildman–Crippen MR) is 84.8 cm³/mol. The van der Waals surface area contributed by atoms with Crippen LogP contribution in [0.2, 0.25) is 0 Å². The van der Waals surface area contributed by atoms with Gasteiger partial charge in [0.1, 0.15) is 19.0 Å². The molecule has 23 heavy (non-hydrogen) atoms. The van der Waals surface area contributed by atoms with Crippen LogP contribution in [0.1, 0.15) is 21.5 Å². The highest BCUT2D eigenvalue weighted by Crippen LogP contribution is 2.21. The fourth-order valence-corrected chi connectivity index (χ4v) is 2.12. The van der Waals surface area contributed by atoms with Gasteiger partial charge in [0.15, 0.2) is 0 Å². The van der Waals surface area contributed by atoms with Gasteiger partial charge in [-0.2, -0.15) is 0 Å². The van der Waals surface area contributed by atoms with Crippen molar-refractivity contribution < 1.29 is 19.2 Å². The van der Waals surface area contributed by atoms with E-state index in [0.29, 0.717) is 5.56 Å². The quantitative estimate of drug-likeness (QED) is 0.353. The summed E-state index contributed by atoms with van der Waals surface area (Å²) in [6.45, 7) is 3.73. The molecular weight excluding hydrogens is 298 g/mol. The van der Waals surface area contributed by atoms with Crippen molar-refractivity contribution in [3.8, 4) is 5.75 Å². The topological polar surface area (TPSA) is 78.7 Å². The Morgan fingerprint density at radius 2 is 1.83 bits per heavy atom. The van der Waals surface area contributed by atoms with Crippen LogP contribution in [-0.4, -0.2) is 24.1 Å². The molecule has 0 spiro atoms. The highest BCUT2D eigenvalue weighted by atomic mass is 16.6. The Bertz CT molecular complexity index is 727. The van der Waals surface area contributed by atoms with Gasteiger partial charge in [-0.05, 0) is 31.5 Å². The molecule has 0 bridgehead atoms. The number of nitro benzene ring substituents is 1. The van der Waals surface area contributed by atoms with Crippen LogP contribution in [0.4, 0.5) is 5.69 Å². The van der Waals surface area contributed by atoms with Crippen LogP contribution in [0.5, 0.6) is 5.75 Å². The summed E-state index contributed by atoms with van der Waals surface area (Å²) in [6, 6.07) is 11.9. The van der Waals surface area contributed by atoms with E-state index in [0.717, 1.165) is 11.3 Å². The number of carbonyl (C=O) groups excluding carboxylic acids is 1. The fourth-order valence-electron chi connectivity index (χ4n) is 2.12. The Kier molecular flexibility index (Phi) is 5.30. The molecule has 2 aromatic carbocycles. The van der Waals surface area contributed by atoms with Gasteiger partial charge in [0.05, 0.1) is 10.5 Å². The molecule has 2 rings (SSSR count). The molecule has 0 amide bonds. The number of esters is 1. The molecule has 2 aromatic rings. The molecule has 6 heteroatoms. The molecule has 0 heterocycles. The van der Waals surface area contributed by atoms with Crippen molar-refractivity contribution in [1.29, 1.82) is 0 Å². The van der Waals surface area contributed by atoms with Crippen LogP contribution >= 0.6 is 0 Å². The van der Waals surface area contributed by atoms with Crippen LogP contribution in [-0.2, 0) is 4.74 Å². The molecule has 0 atom stereocenters. The minimum Gasteiger partial charge on any atom is -0.490 e. The number of ether oxygens (including phenoxy) is 2. The standard InChI is InChI=1S/C17H17NO5/c1-12-6-3-4-9-16(12)22-10-11-23-17(19)14-7-5-8-15(13(14)2)18(20)21/h3-9H,10-11H2,1-2H3. The van der Waals surface area contributed by atoms with Gasteiger partial charge in [-0.3, -0.25) is 10.1 Å². The third-order valence-corrected chi connectivity index (χ3v) is 3.39. The zero-order valence-electron chi connectivity index (χ0n) is 12.9. The van der Waals surface area contributed by atoms with Crippen molar-refractivity contribution >= 4 is 11.7 Å². The maximum Gasteiger partial charge on any atom is 0.338 e. The molecule has 0 N–H and O–H groups in total. The van der Waals surface area contributed by atoms with E-state index in [9.17, 15) is 14.9 Å². The van der Waals surface area contributed by atoms with E-state index in [2.05, 4.69) is 0 Å². The van der Waals surface area contributed by atoms with E-state index >= 15 is 0 Å². The average molecular weight is 315 g/mol. The van der Waals surface area contributed by atoms with Crippen molar-refractivity contribution in [1.82, 2.24) is 0 Å². The van der Waals surface area contributed by atoms with Crippen molar-refractivity contribution in [3.05, 3.63) is 69.3 Å². The van der Waals surface area contributed by atoms with Crippen LogP contribution in [0.3, 0.4) is 0 Å². The van der Waals surface area contributed by atoms with E-state index in [1.54, 1.807) is 0 Å². The summed E-state index contributed by atoms with van der Waals surface area (Å²) in [7, 11) is 0. The monoisotopic (exact) mass is 315 g/mol. The summed E-state index contributed by atoms with van der Waals surface area (Å²) < 4.78 is 10.6. The van der Waals surface area contributed by atoms with Crippen LogP contribution < -0.4 is 4.74 Å². The first-order valence-corrected chi connectivity index (χ1v) is 7.10. The van der Waals surface area contributed by atoms with Crippen LogP contribution in [0.25, 0.3) is 0 Å². The molecule has 0 aliphatic heterocycles. The number of carbonyl (C=O) groups is 1. The van der Waals surface area contributed by atoms with E-state index in [4.69, 9.17) is 9.47 Å². The van der Waals surface area contributed by atoms with Gasteiger partial charge in [0, 0.05) is 11.6 Å². The zero-order chi connectivity index (χ0) is 16.8. The lowest BCUT2D eigenvalue weighted by atomic mass is 10.1. The summed E-state index contributed by atoms with van der Waals surface area (Å²) in [6.07, 6.45) is 0. The molecular formula is C17H17NO5. The maximum atomic E-state index is 12.0. The van der Waals surface area contributed by atoms with Gasteiger partial charge in [-0.25, -0.2) is 4.79 Å². The molecule has 0 aromatic heterocycles. The third kappa shape index (κ3) is 4.06. The minimum atomic E-state index is -0.598. The number of nitro groups is 1. The Hall–Kier alpha value is -2.89. The zero-order valence-corrected chi connectivity index (χ0v) is 12.9. The van der Waals surface area contributed by atoms with E-state index in [1.165, 1.54) is 25.1 Å². The van der Waals surface area contributed by atoms with Gasteiger partial charge in [-0.15, -0.1) is 0 Å². The summed E-state index contributed by atoms with van der Waals surface area (Å²) in [4.78, 5) is 22.4. The first kappa shape index (κ1) is 16.5. The summed E-state index contributed by atoms with van der Waals surface area (Å²) in [5, 5.41) is 10.9. The number of benzene rings is 2. The van der Waals surface area contributed by atoms with Crippen LogP contribution in [0, 0.1) is 24.0 Å². The van der Waals surface area contributed by atoms with E-state index in [-0.39, 0.29) is 24.5 Å². The number of hydrogen-bond acceptors (Lipinski definition) is 5. The minimum absolute atomic E-state index is 0.0648. The normalized spacial score (nSPS) is 10.2. The number of para-hydroxylation sites is 1. The second kappa shape index (κ2) is 7.40. The van der Waals surface area contributed by atoms with Gasteiger partial charge < -0.3 is 9.47 Å². The highest BCUT2D eigenvalue weighted by Gasteiger charge is 2.18. The molecule has 0 saturated carbocycles. The van der Waals surface area contributed by atoms with Crippen molar-refractivity contribution in [2.45, 2.75) is 13.8 Å². The number of hydrogen-bond donors (Lipinski definition) is 0. The second-order valence-corrected chi connectivity index (χ2v) is 4.96. The molecule has 0 unspecified atom stereocenters. The maximum absolute atomic E-state index is 12.0. The van der Waals surface area contributed by atoms with Crippen molar-refractivity contribution in [3.63, 3.8) is 0 Å². The van der Waals surface area contributed by atoms with Crippen molar-refractivity contribution in [2.24, 2.45) is 0 Å². The van der Waals surface area contributed by atoms with Gasteiger partial charge in [0.25, 0.3) is 5.69 Å². The smallest absolute Gasteiger partial charge is 0.338 e. The van der Waals surface area contributed by atoms with E-state index < -0.39 is 10.9 Å². The SMILES string of the molecule is Cc1ccccc1OCCOC(=O)c1cccc([N+](=O)[O-])c1C. The number of rotatable bonds is 6. The van der Waals surface area contributed by atoms with Gasteiger partial charge in [0.2, 0.25) is 0 Å². The van der Waals surface area contributed by atoms with Crippen molar-refractivity contribution in [2.75, 3.05) is 13.2 Å². The fraction of sp³-hybridized carbons (Fsp3) is 0.235. The van der Waals surface area contributed by atoms with Gasteiger partial charge in [-0.1, -0.05) is 24.3 Å². The number of nitrogens with zero attached hydrogens (tertiary/aromatic N) is 1. The Labute approximate surface area is 133 Å². The average Bonchev–Trinajstić information content (AvgIpc) is 2.52. The highest BCUT2D eigenvalue weighted by molar-refractivity contribution is 5.92.